The average molecular weight is 177 g/mol. The highest BCUT2D eigenvalue weighted by molar-refractivity contribution is 6.21. The van der Waals surface area contributed by atoms with Crippen LogP contribution in [0.1, 0.15) is 20.3 Å². The third-order valence-electron chi connectivity index (χ3n) is 2.08. The van der Waals surface area contributed by atoms with Crippen LogP contribution in [0.25, 0.3) is 0 Å². The Morgan fingerprint density at radius 2 is 2.09 bits per heavy atom. The van der Waals surface area contributed by atoms with Gasteiger partial charge in [0.25, 0.3) is 0 Å². The smallest absolute Gasteiger partial charge is 0.306 e. The maximum absolute atomic E-state index is 10.9. The highest BCUT2D eigenvalue weighted by Gasteiger charge is 2.28. The summed E-state index contributed by atoms with van der Waals surface area (Å²) >= 11 is 6.06. The molecule has 3 atom stereocenters. The zero-order valence-corrected chi connectivity index (χ0v) is 7.60. The largest absolute Gasteiger partial charge is 0.465 e. The Morgan fingerprint density at radius 3 is 2.73 bits per heavy atom. The van der Waals surface area contributed by atoms with Crippen molar-refractivity contribution in [3.63, 3.8) is 0 Å². The number of hydrogen-bond acceptors (Lipinski definition) is 2. The Bertz CT molecular complexity index is 158. The van der Waals surface area contributed by atoms with Crippen molar-refractivity contribution in [2.45, 2.75) is 25.6 Å². The van der Waals surface area contributed by atoms with E-state index in [4.69, 9.17) is 16.3 Å². The Labute approximate surface area is 71.9 Å². The van der Waals surface area contributed by atoms with Crippen LogP contribution in [0.3, 0.4) is 0 Å². The molecule has 0 saturated carbocycles. The topological polar surface area (TPSA) is 26.3 Å². The van der Waals surface area contributed by atoms with Crippen LogP contribution >= 0.6 is 11.6 Å². The van der Waals surface area contributed by atoms with E-state index in [9.17, 15) is 4.79 Å². The van der Waals surface area contributed by atoms with Crippen LogP contribution in [0.5, 0.6) is 0 Å². The fraction of sp³-hybridized carbons (Fsp3) is 0.875. The molecule has 11 heavy (non-hydrogen) atoms. The second kappa shape index (κ2) is 3.44. The fourth-order valence-corrected chi connectivity index (χ4v) is 1.47. The van der Waals surface area contributed by atoms with E-state index in [1.165, 1.54) is 0 Å². The lowest BCUT2D eigenvalue weighted by Gasteiger charge is -2.17. The minimum atomic E-state index is -0.118. The van der Waals surface area contributed by atoms with Crippen molar-refractivity contribution in [2.24, 2.45) is 11.8 Å². The molecule has 2 nitrogen and oxygen atoms in total. The van der Waals surface area contributed by atoms with Gasteiger partial charge in [-0.15, -0.1) is 11.6 Å². The molecular weight excluding hydrogens is 164 g/mol. The van der Waals surface area contributed by atoms with Crippen LogP contribution < -0.4 is 0 Å². The first kappa shape index (κ1) is 8.85. The van der Waals surface area contributed by atoms with Gasteiger partial charge in [0, 0.05) is 17.7 Å². The summed E-state index contributed by atoms with van der Waals surface area (Å²) in [6, 6.07) is 0. The molecule has 64 valence electrons. The van der Waals surface area contributed by atoms with Gasteiger partial charge in [0.05, 0.1) is 6.61 Å². The number of alkyl halides is 1. The normalized spacial score (nSPS) is 39.5. The van der Waals surface area contributed by atoms with Crippen LogP contribution in [0.4, 0.5) is 0 Å². The average Bonchev–Trinajstić information content (AvgIpc) is 2.05. The number of carbonyl (C=O) groups excluding carboxylic acids is 1. The Morgan fingerprint density at radius 1 is 1.45 bits per heavy atom. The Hall–Kier alpha value is -0.240. The van der Waals surface area contributed by atoms with Gasteiger partial charge in [-0.1, -0.05) is 13.8 Å². The zero-order valence-electron chi connectivity index (χ0n) is 6.84. The SMILES string of the molecule is C[C@@H]1CC(=O)OC[C@H](C)[C@H]1Cl. The minimum absolute atomic E-state index is 0.0708. The fourth-order valence-electron chi connectivity index (χ4n) is 1.31. The van der Waals surface area contributed by atoms with Gasteiger partial charge in [-0.2, -0.15) is 0 Å². The van der Waals surface area contributed by atoms with Crippen molar-refractivity contribution in [1.82, 2.24) is 0 Å². The van der Waals surface area contributed by atoms with Gasteiger partial charge in [0.15, 0.2) is 0 Å². The number of halogens is 1. The number of ether oxygens (including phenoxy) is 1. The predicted octanol–water partition coefficient (Wildman–Crippen LogP) is 1.81. The van der Waals surface area contributed by atoms with E-state index in [0.29, 0.717) is 13.0 Å². The molecule has 3 heteroatoms. The lowest BCUT2D eigenvalue weighted by atomic mass is 9.96. The standard InChI is InChI=1S/C8H13ClO2/c1-5-3-7(10)11-4-6(2)8(5)9/h5-6,8H,3-4H2,1-2H3/t5-,6+,8+/m1/s1. The summed E-state index contributed by atoms with van der Waals surface area (Å²) in [5.41, 5.74) is 0. The Balaban J connectivity index is 2.61. The highest BCUT2D eigenvalue weighted by Crippen LogP contribution is 2.25. The van der Waals surface area contributed by atoms with E-state index < -0.39 is 0 Å². The molecule has 0 spiro atoms. The number of hydrogen-bond donors (Lipinski definition) is 0. The first-order valence-electron chi connectivity index (χ1n) is 3.91. The van der Waals surface area contributed by atoms with Gasteiger partial charge in [-0.05, 0) is 5.92 Å². The molecule has 0 amide bonds. The lowest BCUT2D eigenvalue weighted by molar-refractivity contribution is -0.143. The maximum atomic E-state index is 10.9. The molecule has 1 aliphatic rings. The van der Waals surface area contributed by atoms with Gasteiger partial charge < -0.3 is 4.74 Å². The van der Waals surface area contributed by atoms with Gasteiger partial charge in [0.2, 0.25) is 0 Å². The molecule has 0 aliphatic carbocycles. The van der Waals surface area contributed by atoms with E-state index in [0.717, 1.165) is 0 Å². The van der Waals surface area contributed by atoms with E-state index in [-0.39, 0.29) is 23.2 Å². The van der Waals surface area contributed by atoms with Crippen molar-refractivity contribution in [3.8, 4) is 0 Å². The lowest BCUT2D eigenvalue weighted by Crippen LogP contribution is -2.20. The molecule has 0 aromatic carbocycles. The molecule has 1 fully saturated rings. The van der Waals surface area contributed by atoms with Crippen molar-refractivity contribution in [2.75, 3.05) is 6.61 Å². The third-order valence-corrected chi connectivity index (χ3v) is 2.94. The van der Waals surface area contributed by atoms with Crippen molar-refractivity contribution < 1.29 is 9.53 Å². The van der Waals surface area contributed by atoms with Crippen molar-refractivity contribution in [3.05, 3.63) is 0 Å². The quantitative estimate of drug-likeness (QED) is 0.416. The van der Waals surface area contributed by atoms with E-state index in [1.54, 1.807) is 0 Å². The second-order valence-corrected chi connectivity index (χ2v) is 3.79. The van der Waals surface area contributed by atoms with Crippen LogP contribution in [-0.4, -0.2) is 18.0 Å². The molecule has 0 aromatic heterocycles. The molecule has 0 bridgehead atoms. The first-order chi connectivity index (χ1) is 5.11. The Kier molecular flexibility index (Phi) is 2.77. The van der Waals surface area contributed by atoms with E-state index >= 15 is 0 Å². The summed E-state index contributed by atoms with van der Waals surface area (Å²) < 4.78 is 4.93. The van der Waals surface area contributed by atoms with Crippen molar-refractivity contribution in [1.29, 1.82) is 0 Å². The zero-order chi connectivity index (χ0) is 8.43. The van der Waals surface area contributed by atoms with Crippen LogP contribution in [0.2, 0.25) is 0 Å². The minimum Gasteiger partial charge on any atom is -0.465 e. The predicted molar refractivity (Wildman–Crippen MR) is 43.5 cm³/mol. The molecule has 0 N–H and O–H groups in total. The summed E-state index contributed by atoms with van der Waals surface area (Å²) in [5, 5.41) is 0.0708. The molecule has 0 aromatic rings. The van der Waals surface area contributed by atoms with Gasteiger partial charge >= 0.3 is 5.97 Å². The molecule has 0 radical (unpaired) electrons. The first-order valence-corrected chi connectivity index (χ1v) is 4.34. The summed E-state index contributed by atoms with van der Waals surface area (Å²) in [6.07, 6.45) is 0.457. The van der Waals surface area contributed by atoms with Gasteiger partial charge in [-0.25, -0.2) is 0 Å². The number of rotatable bonds is 0. The number of carbonyl (C=O) groups is 1. The molecule has 1 saturated heterocycles. The summed E-state index contributed by atoms with van der Waals surface area (Å²) in [7, 11) is 0. The molecule has 1 rings (SSSR count). The molecular formula is C8H13ClO2. The number of cyclic esters (lactones) is 1. The maximum Gasteiger partial charge on any atom is 0.306 e. The van der Waals surface area contributed by atoms with Crippen LogP contribution in [-0.2, 0) is 9.53 Å². The molecule has 0 unspecified atom stereocenters. The van der Waals surface area contributed by atoms with Crippen LogP contribution in [0.15, 0.2) is 0 Å². The van der Waals surface area contributed by atoms with E-state index in [2.05, 4.69) is 0 Å². The van der Waals surface area contributed by atoms with Crippen LogP contribution in [0, 0.1) is 11.8 Å². The highest BCUT2D eigenvalue weighted by atomic mass is 35.5. The van der Waals surface area contributed by atoms with Gasteiger partial charge in [0.1, 0.15) is 0 Å². The summed E-state index contributed by atoms with van der Waals surface area (Å²) in [4.78, 5) is 10.9. The number of esters is 1. The summed E-state index contributed by atoms with van der Waals surface area (Å²) in [5.74, 6) is 0.396. The summed E-state index contributed by atoms with van der Waals surface area (Å²) in [6.45, 7) is 4.46. The van der Waals surface area contributed by atoms with E-state index in [1.807, 2.05) is 13.8 Å². The molecule has 1 heterocycles. The third kappa shape index (κ3) is 2.09. The monoisotopic (exact) mass is 176 g/mol. The van der Waals surface area contributed by atoms with Gasteiger partial charge in [-0.3, -0.25) is 4.79 Å². The molecule has 1 aliphatic heterocycles. The second-order valence-electron chi connectivity index (χ2n) is 3.29. The van der Waals surface area contributed by atoms with Crippen molar-refractivity contribution >= 4 is 17.6 Å².